The molecule has 7 heteroatoms. The van der Waals surface area contributed by atoms with Crippen LogP contribution in [0.4, 0.5) is 0 Å². The van der Waals surface area contributed by atoms with Gasteiger partial charge in [-0.1, -0.05) is 18.6 Å². The van der Waals surface area contributed by atoms with Crippen LogP contribution >= 0.6 is 0 Å². The molecule has 1 fully saturated rings. The van der Waals surface area contributed by atoms with Crippen molar-refractivity contribution in [2.24, 2.45) is 0 Å². The first-order valence-corrected chi connectivity index (χ1v) is 10.5. The number of hydrogen-bond acceptors (Lipinski definition) is 6. The number of H-pyrrole nitrogens is 1. The first-order chi connectivity index (χ1) is 14.1. The van der Waals surface area contributed by atoms with Gasteiger partial charge in [0.2, 0.25) is 0 Å². The lowest BCUT2D eigenvalue weighted by atomic mass is 10.1. The molecule has 7 nitrogen and oxygen atoms in total. The molecule has 0 amide bonds. The highest BCUT2D eigenvalue weighted by atomic mass is 16.5. The SMILES string of the molecule is Cc1nc2c(c(=O)[nH]1)CN(Cc1ccc(OCC(O)CN3CCCCC3)cc1)C2. The van der Waals surface area contributed by atoms with Gasteiger partial charge < -0.3 is 19.7 Å². The van der Waals surface area contributed by atoms with Crippen LogP contribution in [0, 0.1) is 6.92 Å². The Kier molecular flexibility index (Phi) is 6.28. The standard InChI is InChI=1S/C22H30N4O3/c1-16-23-21-14-26(13-20(21)22(28)24-16)11-17-5-7-19(8-6-17)29-15-18(27)12-25-9-3-2-4-10-25/h5-8,18,27H,2-4,9-15H2,1H3,(H,23,24,28). The number of aliphatic hydroxyl groups excluding tert-OH is 1. The molecule has 1 aromatic carbocycles. The minimum Gasteiger partial charge on any atom is -0.491 e. The van der Waals surface area contributed by atoms with E-state index in [1.807, 2.05) is 31.2 Å². The van der Waals surface area contributed by atoms with Crippen LogP contribution in [-0.4, -0.2) is 57.2 Å². The van der Waals surface area contributed by atoms with Crippen LogP contribution in [0.3, 0.4) is 0 Å². The highest BCUT2D eigenvalue weighted by molar-refractivity contribution is 5.28. The Morgan fingerprint density at radius 3 is 2.66 bits per heavy atom. The summed E-state index contributed by atoms with van der Waals surface area (Å²) in [7, 11) is 0. The van der Waals surface area contributed by atoms with Gasteiger partial charge in [0.25, 0.3) is 5.56 Å². The maximum Gasteiger partial charge on any atom is 0.255 e. The first-order valence-electron chi connectivity index (χ1n) is 10.5. The molecule has 2 aliphatic heterocycles. The zero-order valence-electron chi connectivity index (χ0n) is 17.1. The van der Waals surface area contributed by atoms with Crippen LogP contribution < -0.4 is 10.3 Å². The van der Waals surface area contributed by atoms with Crippen LogP contribution in [-0.2, 0) is 19.6 Å². The number of likely N-dealkylation sites (tertiary alicyclic amines) is 1. The number of benzene rings is 1. The second kappa shape index (κ2) is 9.07. The fraction of sp³-hybridized carbons (Fsp3) is 0.545. The molecular weight excluding hydrogens is 368 g/mol. The molecule has 1 atom stereocenters. The van der Waals surface area contributed by atoms with Crippen LogP contribution in [0.2, 0.25) is 0 Å². The Labute approximate surface area is 171 Å². The quantitative estimate of drug-likeness (QED) is 0.741. The van der Waals surface area contributed by atoms with Gasteiger partial charge in [-0.25, -0.2) is 4.98 Å². The van der Waals surface area contributed by atoms with Crippen LogP contribution in [0.5, 0.6) is 5.75 Å². The highest BCUT2D eigenvalue weighted by Gasteiger charge is 2.23. The van der Waals surface area contributed by atoms with E-state index in [-0.39, 0.29) is 5.56 Å². The Balaban J connectivity index is 1.25. The van der Waals surface area contributed by atoms with Crippen LogP contribution in [0.25, 0.3) is 0 Å². The van der Waals surface area contributed by atoms with E-state index < -0.39 is 6.10 Å². The van der Waals surface area contributed by atoms with Crippen molar-refractivity contribution in [1.29, 1.82) is 0 Å². The molecular formula is C22H30N4O3. The number of hydrogen-bond donors (Lipinski definition) is 2. The molecule has 0 aliphatic carbocycles. The minimum absolute atomic E-state index is 0.0261. The minimum atomic E-state index is -0.468. The largest absolute Gasteiger partial charge is 0.491 e. The summed E-state index contributed by atoms with van der Waals surface area (Å²) in [4.78, 5) is 23.8. The fourth-order valence-corrected chi connectivity index (χ4v) is 4.20. The Bertz CT molecular complexity index is 875. The molecule has 0 radical (unpaired) electrons. The van der Waals surface area contributed by atoms with Gasteiger partial charge in [-0.15, -0.1) is 0 Å². The van der Waals surface area contributed by atoms with E-state index in [0.717, 1.165) is 42.2 Å². The van der Waals surface area contributed by atoms with Gasteiger partial charge in [-0.2, -0.15) is 0 Å². The Morgan fingerprint density at radius 1 is 1.14 bits per heavy atom. The van der Waals surface area contributed by atoms with Gasteiger partial charge in [0.05, 0.1) is 11.3 Å². The summed E-state index contributed by atoms with van der Waals surface area (Å²) in [6, 6.07) is 7.97. The Hall–Kier alpha value is -2.22. The zero-order valence-corrected chi connectivity index (χ0v) is 17.1. The summed E-state index contributed by atoms with van der Waals surface area (Å²) in [5, 5.41) is 10.2. The number of aromatic amines is 1. The second-order valence-electron chi connectivity index (χ2n) is 8.19. The summed E-state index contributed by atoms with van der Waals surface area (Å²) in [5.74, 6) is 1.43. The number of β-amino-alcohol motifs (C(OH)–C–C–N with tert-alkyl or cyclic N) is 1. The predicted octanol–water partition coefficient (Wildman–Crippen LogP) is 1.82. The van der Waals surface area contributed by atoms with Crippen molar-refractivity contribution in [2.75, 3.05) is 26.2 Å². The summed E-state index contributed by atoms with van der Waals surface area (Å²) in [5.41, 5.74) is 2.79. The molecule has 0 saturated carbocycles. The maximum absolute atomic E-state index is 12.1. The molecule has 2 aliphatic rings. The normalized spacial score (nSPS) is 18.6. The van der Waals surface area contributed by atoms with Crippen molar-refractivity contribution in [2.45, 2.75) is 51.9 Å². The van der Waals surface area contributed by atoms with Gasteiger partial charge >= 0.3 is 0 Å². The molecule has 1 aromatic heterocycles. The van der Waals surface area contributed by atoms with Crippen molar-refractivity contribution < 1.29 is 9.84 Å². The molecule has 2 aromatic rings. The molecule has 29 heavy (non-hydrogen) atoms. The average Bonchev–Trinajstić information content (AvgIpc) is 3.11. The number of nitrogens with zero attached hydrogens (tertiary/aromatic N) is 3. The predicted molar refractivity (Wildman–Crippen MR) is 111 cm³/mol. The number of aliphatic hydroxyl groups is 1. The number of aromatic nitrogens is 2. The molecule has 0 bridgehead atoms. The van der Waals surface area contributed by atoms with Crippen molar-refractivity contribution >= 4 is 0 Å². The number of nitrogens with one attached hydrogen (secondary N) is 1. The summed E-state index contributed by atoms with van der Waals surface area (Å²) in [6.07, 6.45) is 3.28. The molecule has 3 heterocycles. The van der Waals surface area contributed by atoms with E-state index in [1.54, 1.807) is 0 Å². The smallest absolute Gasteiger partial charge is 0.255 e. The average molecular weight is 399 g/mol. The number of aryl methyl sites for hydroxylation is 1. The first kappa shape index (κ1) is 20.1. The fourth-order valence-electron chi connectivity index (χ4n) is 4.20. The third-order valence-corrected chi connectivity index (χ3v) is 5.66. The maximum atomic E-state index is 12.1. The Morgan fingerprint density at radius 2 is 1.90 bits per heavy atom. The second-order valence-corrected chi connectivity index (χ2v) is 8.19. The summed E-state index contributed by atoms with van der Waals surface area (Å²) in [6.45, 7) is 7.03. The van der Waals surface area contributed by atoms with Crippen molar-refractivity contribution in [3.8, 4) is 5.75 Å². The van der Waals surface area contributed by atoms with Gasteiger partial charge in [0.15, 0.2) is 0 Å². The van der Waals surface area contributed by atoms with E-state index in [2.05, 4.69) is 19.8 Å². The van der Waals surface area contributed by atoms with Gasteiger partial charge in [-0.3, -0.25) is 9.69 Å². The molecule has 1 saturated heterocycles. The van der Waals surface area contributed by atoms with Gasteiger partial charge in [-0.05, 0) is 50.6 Å². The lowest BCUT2D eigenvalue weighted by molar-refractivity contribution is 0.0617. The van der Waals surface area contributed by atoms with E-state index in [1.165, 1.54) is 19.3 Å². The van der Waals surface area contributed by atoms with Crippen molar-refractivity contribution in [3.63, 3.8) is 0 Å². The monoisotopic (exact) mass is 398 g/mol. The highest BCUT2D eigenvalue weighted by Crippen LogP contribution is 2.21. The zero-order chi connectivity index (χ0) is 20.2. The number of ether oxygens (including phenoxy) is 1. The van der Waals surface area contributed by atoms with Crippen LogP contribution in [0.1, 0.15) is 41.9 Å². The molecule has 0 spiro atoms. The third-order valence-electron chi connectivity index (χ3n) is 5.66. The van der Waals surface area contributed by atoms with Gasteiger partial charge in [0.1, 0.15) is 24.3 Å². The van der Waals surface area contributed by atoms with E-state index in [9.17, 15) is 9.90 Å². The van der Waals surface area contributed by atoms with Crippen molar-refractivity contribution in [3.05, 3.63) is 57.3 Å². The topological polar surface area (TPSA) is 81.7 Å². The van der Waals surface area contributed by atoms with Crippen molar-refractivity contribution in [1.82, 2.24) is 19.8 Å². The molecule has 1 unspecified atom stereocenters. The number of fused-ring (bicyclic) bond motifs is 1. The lowest BCUT2D eigenvalue weighted by Crippen LogP contribution is -2.38. The number of rotatable bonds is 7. The third kappa shape index (κ3) is 5.23. The van der Waals surface area contributed by atoms with E-state index in [0.29, 0.717) is 32.1 Å². The molecule has 2 N–H and O–H groups in total. The van der Waals surface area contributed by atoms with Gasteiger partial charge in [0, 0.05) is 26.2 Å². The molecule has 156 valence electrons. The van der Waals surface area contributed by atoms with E-state index >= 15 is 0 Å². The van der Waals surface area contributed by atoms with E-state index in [4.69, 9.17) is 4.74 Å². The lowest BCUT2D eigenvalue weighted by Gasteiger charge is -2.28. The number of piperidine rings is 1. The summed E-state index contributed by atoms with van der Waals surface area (Å²) < 4.78 is 5.77. The van der Waals surface area contributed by atoms with Crippen LogP contribution in [0.15, 0.2) is 29.1 Å². The summed E-state index contributed by atoms with van der Waals surface area (Å²) >= 11 is 0. The molecule has 4 rings (SSSR count).